The van der Waals surface area contributed by atoms with Crippen molar-refractivity contribution in [3.8, 4) is 5.75 Å². The molecule has 1 atom stereocenters. The zero-order chi connectivity index (χ0) is 14.5. The second-order valence-corrected chi connectivity index (χ2v) is 4.41. The van der Waals surface area contributed by atoms with Crippen LogP contribution in [0.25, 0.3) is 0 Å². The highest BCUT2D eigenvalue weighted by Gasteiger charge is 2.18. The number of nitrogens with one attached hydrogen (secondary N) is 2. The van der Waals surface area contributed by atoms with E-state index in [-0.39, 0.29) is 35.6 Å². The molecule has 1 saturated heterocycles. The van der Waals surface area contributed by atoms with Gasteiger partial charge in [0.2, 0.25) is 5.91 Å². The number of carbonyl (C=O) groups excluding carboxylic acids is 1. The lowest BCUT2D eigenvalue weighted by Crippen LogP contribution is -2.40. The van der Waals surface area contributed by atoms with Crippen molar-refractivity contribution >= 4 is 17.3 Å². The normalized spacial score (nSPS) is 18.5. The monoisotopic (exact) mass is 281 g/mol. The molecule has 0 aliphatic carbocycles. The standard InChI is InChI=1S/C12H15N3O5/c16-11-5-8(15(18)19)1-2-10(11)14-12(17)6-9-7-13-3-4-20-9/h1-2,5,9,13,16H,3-4,6-7H2,(H,14,17). The van der Waals surface area contributed by atoms with Gasteiger partial charge in [-0.15, -0.1) is 0 Å². The van der Waals surface area contributed by atoms with Crippen LogP contribution in [0.1, 0.15) is 6.42 Å². The SMILES string of the molecule is O=C(CC1CNCCO1)Nc1ccc([N+](=O)[O-])cc1O. The number of ether oxygens (including phenoxy) is 1. The van der Waals surface area contributed by atoms with Crippen LogP contribution >= 0.6 is 0 Å². The molecule has 0 saturated carbocycles. The van der Waals surface area contributed by atoms with Gasteiger partial charge in [-0.2, -0.15) is 0 Å². The molecule has 0 radical (unpaired) electrons. The molecule has 1 amide bonds. The van der Waals surface area contributed by atoms with Crippen molar-refractivity contribution in [3.63, 3.8) is 0 Å². The van der Waals surface area contributed by atoms with E-state index < -0.39 is 4.92 Å². The number of nitrogens with zero attached hydrogens (tertiary/aromatic N) is 1. The van der Waals surface area contributed by atoms with E-state index in [2.05, 4.69) is 10.6 Å². The van der Waals surface area contributed by atoms with E-state index in [0.29, 0.717) is 13.2 Å². The molecular formula is C12H15N3O5. The average Bonchev–Trinajstić information content (AvgIpc) is 2.42. The molecule has 1 aliphatic heterocycles. The lowest BCUT2D eigenvalue weighted by atomic mass is 10.2. The number of morpholine rings is 1. The van der Waals surface area contributed by atoms with Crippen LogP contribution in [-0.2, 0) is 9.53 Å². The minimum Gasteiger partial charge on any atom is -0.506 e. The van der Waals surface area contributed by atoms with Gasteiger partial charge in [0.25, 0.3) is 5.69 Å². The smallest absolute Gasteiger partial charge is 0.273 e. The topological polar surface area (TPSA) is 114 Å². The van der Waals surface area contributed by atoms with Crippen LogP contribution < -0.4 is 10.6 Å². The molecule has 108 valence electrons. The number of phenols is 1. The fraction of sp³-hybridized carbons (Fsp3) is 0.417. The molecule has 0 bridgehead atoms. The first-order valence-electron chi connectivity index (χ1n) is 6.16. The van der Waals surface area contributed by atoms with E-state index >= 15 is 0 Å². The molecule has 1 aromatic carbocycles. The maximum Gasteiger partial charge on any atom is 0.273 e. The second-order valence-electron chi connectivity index (χ2n) is 4.41. The van der Waals surface area contributed by atoms with Crippen LogP contribution in [0.3, 0.4) is 0 Å². The summed E-state index contributed by atoms with van der Waals surface area (Å²) < 4.78 is 5.39. The summed E-state index contributed by atoms with van der Waals surface area (Å²) in [5, 5.41) is 25.8. The summed E-state index contributed by atoms with van der Waals surface area (Å²) in [6.45, 7) is 1.92. The number of carbonyl (C=O) groups is 1. The maximum absolute atomic E-state index is 11.8. The third kappa shape index (κ3) is 3.65. The van der Waals surface area contributed by atoms with Gasteiger partial charge in [-0.05, 0) is 6.07 Å². The Morgan fingerprint density at radius 3 is 3.00 bits per heavy atom. The van der Waals surface area contributed by atoms with E-state index in [1.807, 2.05) is 0 Å². The Balaban J connectivity index is 1.95. The molecule has 1 fully saturated rings. The van der Waals surface area contributed by atoms with Gasteiger partial charge in [0.05, 0.1) is 35.8 Å². The Bertz CT molecular complexity index is 514. The molecule has 1 aliphatic rings. The van der Waals surface area contributed by atoms with Crippen LogP contribution in [0.4, 0.5) is 11.4 Å². The predicted octanol–water partition coefficient (Wildman–Crippen LogP) is 0.617. The summed E-state index contributed by atoms with van der Waals surface area (Å²) in [7, 11) is 0. The first-order valence-corrected chi connectivity index (χ1v) is 6.16. The molecule has 3 N–H and O–H groups in total. The largest absolute Gasteiger partial charge is 0.506 e. The van der Waals surface area contributed by atoms with Gasteiger partial charge in [0, 0.05) is 19.2 Å². The minimum absolute atomic E-state index is 0.143. The van der Waals surface area contributed by atoms with E-state index in [4.69, 9.17) is 4.74 Å². The molecule has 1 aromatic rings. The van der Waals surface area contributed by atoms with E-state index in [9.17, 15) is 20.0 Å². The van der Waals surface area contributed by atoms with Crippen LogP contribution in [0.15, 0.2) is 18.2 Å². The van der Waals surface area contributed by atoms with Crippen molar-refractivity contribution in [1.82, 2.24) is 5.32 Å². The summed E-state index contributed by atoms with van der Waals surface area (Å²) in [6, 6.07) is 3.51. The summed E-state index contributed by atoms with van der Waals surface area (Å²) in [5.41, 5.74) is -0.0929. The Morgan fingerprint density at radius 1 is 1.60 bits per heavy atom. The first kappa shape index (κ1) is 14.2. The fourth-order valence-electron chi connectivity index (χ4n) is 1.90. The number of hydrogen-bond acceptors (Lipinski definition) is 6. The summed E-state index contributed by atoms with van der Waals surface area (Å²) in [5.74, 6) is -0.655. The van der Waals surface area contributed by atoms with Gasteiger partial charge in [0.1, 0.15) is 5.75 Å². The third-order valence-electron chi connectivity index (χ3n) is 2.88. The Morgan fingerprint density at radius 2 is 2.40 bits per heavy atom. The van der Waals surface area contributed by atoms with Gasteiger partial charge < -0.3 is 20.5 Å². The highest BCUT2D eigenvalue weighted by Crippen LogP contribution is 2.28. The maximum atomic E-state index is 11.8. The number of nitro groups is 1. The fourth-order valence-corrected chi connectivity index (χ4v) is 1.90. The highest BCUT2D eigenvalue weighted by molar-refractivity contribution is 5.92. The van der Waals surface area contributed by atoms with Gasteiger partial charge in [0.15, 0.2) is 0 Å². The molecule has 0 spiro atoms. The van der Waals surface area contributed by atoms with E-state index in [1.54, 1.807) is 0 Å². The highest BCUT2D eigenvalue weighted by atomic mass is 16.6. The first-order chi connectivity index (χ1) is 9.56. The van der Waals surface area contributed by atoms with Crippen molar-refractivity contribution in [2.75, 3.05) is 25.0 Å². The molecule has 8 heteroatoms. The number of anilines is 1. The lowest BCUT2D eigenvalue weighted by Gasteiger charge is -2.23. The number of aromatic hydroxyl groups is 1. The van der Waals surface area contributed by atoms with Gasteiger partial charge >= 0.3 is 0 Å². The van der Waals surface area contributed by atoms with Crippen LogP contribution in [0.2, 0.25) is 0 Å². The molecule has 2 rings (SSSR count). The number of non-ortho nitro benzene ring substituents is 1. The van der Waals surface area contributed by atoms with Crippen molar-refractivity contribution in [2.24, 2.45) is 0 Å². The Labute approximate surface area is 114 Å². The van der Waals surface area contributed by atoms with Crippen molar-refractivity contribution in [2.45, 2.75) is 12.5 Å². The molecular weight excluding hydrogens is 266 g/mol. The number of hydrogen-bond donors (Lipinski definition) is 3. The van der Waals surface area contributed by atoms with Crippen molar-refractivity contribution in [3.05, 3.63) is 28.3 Å². The van der Waals surface area contributed by atoms with Crippen LogP contribution in [0, 0.1) is 10.1 Å². The molecule has 8 nitrogen and oxygen atoms in total. The lowest BCUT2D eigenvalue weighted by molar-refractivity contribution is -0.384. The zero-order valence-electron chi connectivity index (χ0n) is 10.7. The Hall–Kier alpha value is -2.19. The number of amides is 1. The van der Waals surface area contributed by atoms with E-state index in [1.165, 1.54) is 12.1 Å². The van der Waals surface area contributed by atoms with Crippen LogP contribution in [0.5, 0.6) is 5.75 Å². The minimum atomic E-state index is -0.618. The third-order valence-corrected chi connectivity index (χ3v) is 2.88. The van der Waals surface area contributed by atoms with E-state index in [0.717, 1.165) is 12.6 Å². The quantitative estimate of drug-likeness (QED) is 0.423. The molecule has 20 heavy (non-hydrogen) atoms. The molecule has 1 unspecified atom stereocenters. The van der Waals surface area contributed by atoms with Crippen molar-refractivity contribution in [1.29, 1.82) is 0 Å². The number of rotatable bonds is 4. The van der Waals surface area contributed by atoms with Crippen molar-refractivity contribution < 1.29 is 19.6 Å². The predicted molar refractivity (Wildman–Crippen MR) is 70.6 cm³/mol. The summed E-state index contributed by atoms with van der Waals surface area (Å²) >= 11 is 0. The van der Waals surface area contributed by atoms with Gasteiger partial charge in [-0.1, -0.05) is 0 Å². The molecule has 0 aromatic heterocycles. The zero-order valence-corrected chi connectivity index (χ0v) is 10.7. The van der Waals surface area contributed by atoms with Gasteiger partial charge in [-0.25, -0.2) is 0 Å². The summed E-state index contributed by atoms with van der Waals surface area (Å²) in [6.07, 6.45) is -0.0485. The summed E-state index contributed by atoms with van der Waals surface area (Å²) in [4.78, 5) is 21.7. The number of nitro benzene ring substituents is 1. The second kappa shape index (κ2) is 6.31. The number of benzene rings is 1. The number of phenolic OH excluding ortho intramolecular Hbond substituents is 1. The van der Waals surface area contributed by atoms with Crippen LogP contribution in [-0.4, -0.2) is 41.7 Å². The average molecular weight is 281 g/mol. The molecule has 1 heterocycles. The Kier molecular flexibility index (Phi) is 4.49. The van der Waals surface area contributed by atoms with Gasteiger partial charge in [-0.3, -0.25) is 14.9 Å².